The summed E-state index contributed by atoms with van der Waals surface area (Å²) < 4.78 is 10.8. The molecule has 0 saturated carbocycles. The van der Waals surface area contributed by atoms with Crippen molar-refractivity contribution in [2.45, 2.75) is 12.8 Å². The molecule has 1 amide bonds. The topological polar surface area (TPSA) is 76.6 Å². The monoisotopic (exact) mass is 440 g/mol. The van der Waals surface area contributed by atoms with Crippen LogP contribution in [-0.4, -0.2) is 36.6 Å². The summed E-state index contributed by atoms with van der Waals surface area (Å²) in [7, 11) is 3.20. The summed E-state index contributed by atoms with van der Waals surface area (Å²) in [4.78, 5) is 23.6. The Morgan fingerprint density at radius 2 is 1.79 bits per heavy atom. The minimum absolute atomic E-state index is 0.114. The first-order valence-corrected chi connectivity index (χ1v) is 10.8. The van der Waals surface area contributed by atoms with Crippen LogP contribution in [0.3, 0.4) is 0 Å². The summed E-state index contributed by atoms with van der Waals surface area (Å²) in [5.41, 5.74) is 4.79. The van der Waals surface area contributed by atoms with Gasteiger partial charge in [0.25, 0.3) is 0 Å². The molecule has 166 valence electrons. The highest BCUT2D eigenvalue weighted by molar-refractivity contribution is 5.97. The van der Waals surface area contributed by atoms with E-state index in [2.05, 4.69) is 21.4 Å². The van der Waals surface area contributed by atoms with Crippen molar-refractivity contribution in [1.29, 1.82) is 0 Å². The van der Waals surface area contributed by atoms with Crippen molar-refractivity contribution in [2.75, 3.05) is 31.0 Å². The molecule has 4 aromatic rings. The molecular weight excluding hydrogens is 416 g/mol. The number of methoxy groups -OCH3 is 2. The molecule has 0 bridgehead atoms. The van der Waals surface area contributed by atoms with Gasteiger partial charge in [0.2, 0.25) is 5.91 Å². The number of hydrogen-bond donors (Lipinski definition) is 1. The van der Waals surface area contributed by atoms with Crippen LogP contribution in [0.2, 0.25) is 0 Å². The zero-order valence-corrected chi connectivity index (χ0v) is 18.5. The van der Waals surface area contributed by atoms with E-state index in [1.807, 2.05) is 59.5 Å². The van der Waals surface area contributed by atoms with E-state index >= 15 is 0 Å². The Labute approximate surface area is 192 Å². The lowest BCUT2D eigenvalue weighted by molar-refractivity contribution is -0.117. The first-order valence-electron chi connectivity index (χ1n) is 10.8. The van der Waals surface area contributed by atoms with E-state index in [1.165, 1.54) is 6.33 Å². The number of carbonyl (C=O) groups is 1. The zero-order chi connectivity index (χ0) is 22.8. The number of rotatable bonds is 6. The van der Waals surface area contributed by atoms with Crippen molar-refractivity contribution in [3.8, 4) is 11.5 Å². The highest BCUT2D eigenvalue weighted by Gasteiger charge is 2.25. The largest absolute Gasteiger partial charge is 0.493 e. The van der Waals surface area contributed by atoms with Crippen molar-refractivity contribution < 1.29 is 14.3 Å². The lowest BCUT2D eigenvalue weighted by atomic mass is 10.1. The summed E-state index contributed by atoms with van der Waals surface area (Å²) >= 11 is 0. The van der Waals surface area contributed by atoms with Crippen LogP contribution in [0.15, 0.2) is 67.0 Å². The predicted molar refractivity (Wildman–Crippen MR) is 129 cm³/mol. The third-order valence-electron chi connectivity index (χ3n) is 5.88. The Hall–Kier alpha value is -4.13. The summed E-state index contributed by atoms with van der Waals surface area (Å²) in [6.45, 7) is 0.692. The summed E-state index contributed by atoms with van der Waals surface area (Å²) in [6.07, 6.45) is 2.74. The molecule has 7 nitrogen and oxygen atoms in total. The first-order chi connectivity index (χ1) is 16.2. The van der Waals surface area contributed by atoms with Crippen LogP contribution in [0.1, 0.15) is 11.1 Å². The van der Waals surface area contributed by atoms with Crippen LogP contribution < -0.4 is 19.7 Å². The van der Waals surface area contributed by atoms with Crippen molar-refractivity contribution >= 4 is 34.0 Å². The standard InChI is InChI=1S/C26H24N4O3/c1-32-23-14-20-21(15-24(23)33-2)27-16-28-26(20)29-19-8-9-22-18(13-19)10-11-30(22)25(31)12-17-6-4-3-5-7-17/h3-9,13-16H,10-12H2,1-2H3,(H,27,28,29). The number of anilines is 3. The molecule has 0 atom stereocenters. The number of benzene rings is 3. The summed E-state index contributed by atoms with van der Waals surface area (Å²) in [5.74, 6) is 2.02. The Bertz CT molecular complexity index is 1320. The highest BCUT2D eigenvalue weighted by Crippen LogP contribution is 2.36. The second-order valence-electron chi connectivity index (χ2n) is 7.87. The molecule has 0 spiro atoms. The van der Waals surface area contributed by atoms with Gasteiger partial charge < -0.3 is 19.7 Å². The van der Waals surface area contributed by atoms with Gasteiger partial charge in [-0.2, -0.15) is 0 Å². The maximum absolute atomic E-state index is 12.9. The minimum Gasteiger partial charge on any atom is -0.493 e. The normalized spacial score (nSPS) is 12.5. The third-order valence-corrected chi connectivity index (χ3v) is 5.88. The number of fused-ring (bicyclic) bond motifs is 2. The van der Waals surface area contributed by atoms with Crippen molar-refractivity contribution in [3.63, 3.8) is 0 Å². The van der Waals surface area contributed by atoms with Gasteiger partial charge in [0.05, 0.1) is 26.2 Å². The van der Waals surface area contributed by atoms with Gasteiger partial charge in [0.15, 0.2) is 11.5 Å². The van der Waals surface area contributed by atoms with E-state index in [9.17, 15) is 4.79 Å². The molecule has 1 N–H and O–H groups in total. The number of amides is 1. The van der Waals surface area contributed by atoms with Crippen LogP contribution >= 0.6 is 0 Å². The van der Waals surface area contributed by atoms with Crippen molar-refractivity contribution in [2.24, 2.45) is 0 Å². The maximum atomic E-state index is 12.9. The quantitative estimate of drug-likeness (QED) is 0.475. The Kier molecular flexibility index (Phi) is 5.52. The molecule has 1 aliphatic heterocycles. The second-order valence-corrected chi connectivity index (χ2v) is 7.87. The molecule has 2 heterocycles. The molecule has 3 aromatic carbocycles. The summed E-state index contributed by atoms with van der Waals surface area (Å²) in [5, 5.41) is 4.23. The van der Waals surface area contributed by atoms with Gasteiger partial charge in [-0.15, -0.1) is 0 Å². The molecule has 0 fully saturated rings. The molecule has 0 unspecified atom stereocenters. The molecule has 0 saturated heterocycles. The fourth-order valence-corrected chi connectivity index (χ4v) is 4.22. The number of nitrogens with zero attached hydrogens (tertiary/aromatic N) is 3. The molecule has 0 radical (unpaired) electrons. The lowest BCUT2D eigenvalue weighted by Crippen LogP contribution is -2.30. The fourth-order valence-electron chi connectivity index (χ4n) is 4.22. The van der Waals surface area contributed by atoms with Gasteiger partial charge in [-0.3, -0.25) is 4.79 Å². The molecule has 5 rings (SSSR count). The van der Waals surface area contributed by atoms with E-state index in [1.54, 1.807) is 14.2 Å². The van der Waals surface area contributed by atoms with Crippen LogP contribution in [-0.2, 0) is 17.6 Å². The van der Waals surface area contributed by atoms with Gasteiger partial charge >= 0.3 is 0 Å². The number of nitrogens with one attached hydrogen (secondary N) is 1. The van der Waals surface area contributed by atoms with Crippen LogP contribution in [0.4, 0.5) is 17.2 Å². The molecule has 1 aliphatic rings. The SMILES string of the molecule is COc1cc2ncnc(Nc3ccc4c(c3)CCN4C(=O)Cc3ccccc3)c2cc1OC. The van der Waals surface area contributed by atoms with Crippen LogP contribution in [0, 0.1) is 0 Å². The van der Waals surface area contributed by atoms with E-state index in [0.29, 0.717) is 30.3 Å². The smallest absolute Gasteiger partial charge is 0.231 e. The van der Waals surface area contributed by atoms with Crippen LogP contribution in [0.5, 0.6) is 11.5 Å². The second kappa shape index (κ2) is 8.78. The Balaban J connectivity index is 1.39. The number of hydrogen-bond acceptors (Lipinski definition) is 6. The summed E-state index contributed by atoms with van der Waals surface area (Å²) in [6, 6.07) is 19.6. The maximum Gasteiger partial charge on any atom is 0.231 e. The average molecular weight is 441 g/mol. The number of aromatic nitrogens is 2. The van der Waals surface area contributed by atoms with Crippen molar-refractivity contribution in [1.82, 2.24) is 9.97 Å². The first kappa shape index (κ1) is 20.8. The van der Waals surface area contributed by atoms with Gasteiger partial charge in [0.1, 0.15) is 12.1 Å². The number of carbonyl (C=O) groups excluding carboxylic acids is 1. The molecule has 0 aliphatic carbocycles. The average Bonchev–Trinajstić information content (AvgIpc) is 3.27. The van der Waals surface area contributed by atoms with E-state index in [0.717, 1.165) is 39.8 Å². The minimum atomic E-state index is 0.114. The Morgan fingerprint density at radius 3 is 2.58 bits per heavy atom. The fraction of sp³-hybridized carbons (Fsp3) is 0.192. The van der Waals surface area contributed by atoms with E-state index in [-0.39, 0.29) is 5.91 Å². The van der Waals surface area contributed by atoms with E-state index in [4.69, 9.17) is 9.47 Å². The molecule has 1 aromatic heterocycles. The molecule has 33 heavy (non-hydrogen) atoms. The Morgan fingerprint density at radius 1 is 1.00 bits per heavy atom. The lowest BCUT2D eigenvalue weighted by Gasteiger charge is -2.18. The van der Waals surface area contributed by atoms with E-state index < -0.39 is 0 Å². The van der Waals surface area contributed by atoms with Crippen molar-refractivity contribution in [3.05, 3.63) is 78.1 Å². The van der Waals surface area contributed by atoms with Crippen LogP contribution in [0.25, 0.3) is 10.9 Å². The molecular formula is C26H24N4O3. The van der Waals surface area contributed by atoms with Gasteiger partial charge in [-0.05, 0) is 41.8 Å². The predicted octanol–water partition coefficient (Wildman–Crippen LogP) is 4.52. The highest BCUT2D eigenvalue weighted by atomic mass is 16.5. The zero-order valence-electron chi connectivity index (χ0n) is 18.5. The van der Waals surface area contributed by atoms with Gasteiger partial charge in [0, 0.05) is 29.4 Å². The third kappa shape index (κ3) is 4.05. The molecule has 7 heteroatoms. The van der Waals surface area contributed by atoms with Gasteiger partial charge in [-0.25, -0.2) is 9.97 Å². The number of ether oxygens (including phenoxy) is 2. The van der Waals surface area contributed by atoms with Gasteiger partial charge in [-0.1, -0.05) is 30.3 Å².